The average Bonchev–Trinajstić information content (AvgIpc) is 3.15. The molecule has 2 amide bonds. The Morgan fingerprint density at radius 1 is 1.10 bits per heavy atom. The maximum Gasteiger partial charge on any atom is 0.272 e. The molecular formula is C19H17N5O4S. The highest BCUT2D eigenvalue weighted by Crippen LogP contribution is 2.22. The summed E-state index contributed by atoms with van der Waals surface area (Å²) in [5.74, 6) is -0.910. The first-order chi connectivity index (χ1) is 13.9. The van der Waals surface area contributed by atoms with Gasteiger partial charge >= 0.3 is 0 Å². The zero-order valence-corrected chi connectivity index (χ0v) is 16.4. The van der Waals surface area contributed by atoms with E-state index < -0.39 is 16.7 Å². The molecule has 1 aromatic heterocycles. The molecule has 0 aliphatic rings. The summed E-state index contributed by atoms with van der Waals surface area (Å²) in [5, 5.41) is 25.3. The Labute approximate surface area is 169 Å². The number of nitrogens with zero attached hydrogens (tertiary/aromatic N) is 3. The lowest BCUT2D eigenvalue weighted by Gasteiger charge is -2.11. The van der Waals surface area contributed by atoms with Gasteiger partial charge in [0.2, 0.25) is 5.13 Å². The van der Waals surface area contributed by atoms with Crippen molar-refractivity contribution in [2.45, 2.75) is 20.3 Å². The van der Waals surface area contributed by atoms with E-state index in [4.69, 9.17) is 0 Å². The zero-order chi connectivity index (χ0) is 21.0. The van der Waals surface area contributed by atoms with Gasteiger partial charge in [0.05, 0.1) is 16.2 Å². The molecule has 3 rings (SSSR count). The lowest BCUT2D eigenvalue weighted by atomic mass is 10.1. The highest BCUT2D eigenvalue weighted by Gasteiger charge is 2.18. The molecule has 0 bridgehead atoms. The second kappa shape index (κ2) is 8.57. The number of aromatic nitrogens is 2. The molecule has 148 valence electrons. The Balaban J connectivity index is 1.79. The molecule has 0 unspecified atom stereocenters. The van der Waals surface area contributed by atoms with Crippen molar-refractivity contribution in [3.05, 3.63) is 74.3 Å². The first-order valence-electron chi connectivity index (χ1n) is 8.68. The van der Waals surface area contributed by atoms with E-state index in [-0.39, 0.29) is 16.8 Å². The van der Waals surface area contributed by atoms with Crippen LogP contribution in [-0.2, 0) is 6.42 Å². The number of carbonyl (C=O) groups is 2. The van der Waals surface area contributed by atoms with Crippen LogP contribution in [0.15, 0.2) is 42.5 Å². The van der Waals surface area contributed by atoms with Gasteiger partial charge in [-0.2, -0.15) is 0 Å². The van der Waals surface area contributed by atoms with Gasteiger partial charge in [0.15, 0.2) is 0 Å². The lowest BCUT2D eigenvalue weighted by Crippen LogP contribution is -2.18. The van der Waals surface area contributed by atoms with E-state index in [0.29, 0.717) is 16.4 Å². The summed E-state index contributed by atoms with van der Waals surface area (Å²) < 4.78 is 0. The van der Waals surface area contributed by atoms with E-state index >= 15 is 0 Å². The van der Waals surface area contributed by atoms with Gasteiger partial charge in [-0.25, -0.2) is 0 Å². The molecular weight excluding hydrogens is 394 g/mol. The second-order valence-electron chi connectivity index (χ2n) is 6.07. The van der Waals surface area contributed by atoms with E-state index in [1.54, 1.807) is 31.2 Å². The number of nitrogens with one attached hydrogen (secondary N) is 2. The smallest absolute Gasteiger partial charge is 0.272 e. The third-order valence-electron chi connectivity index (χ3n) is 4.07. The third-order valence-corrected chi connectivity index (χ3v) is 5.05. The highest BCUT2D eigenvalue weighted by molar-refractivity contribution is 7.15. The van der Waals surface area contributed by atoms with Crippen LogP contribution in [0.3, 0.4) is 0 Å². The number of aryl methyl sites for hydroxylation is 2. The van der Waals surface area contributed by atoms with Gasteiger partial charge in [0.1, 0.15) is 5.01 Å². The van der Waals surface area contributed by atoms with E-state index in [2.05, 4.69) is 20.8 Å². The largest absolute Gasteiger partial charge is 0.321 e. The molecule has 2 N–H and O–H groups in total. The molecule has 10 heteroatoms. The van der Waals surface area contributed by atoms with Gasteiger partial charge < -0.3 is 5.32 Å². The summed E-state index contributed by atoms with van der Waals surface area (Å²) in [6.07, 6.45) is 0.717. The first-order valence-corrected chi connectivity index (χ1v) is 9.50. The van der Waals surface area contributed by atoms with Crippen LogP contribution in [0.25, 0.3) is 0 Å². The van der Waals surface area contributed by atoms with Crippen LogP contribution < -0.4 is 10.6 Å². The fourth-order valence-corrected chi connectivity index (χ4v) is 3.27. The Hall–Kier alpha value is -3.66. The summed E-state index contributed by atoms with van der Waals surface area (Å²) >= 11 is 1.28. The van der Waals surface area contributed by atoms with Crippen molar-refractivity contribution in [3.63, 3.8) is 0 Å². The predicted molar refractivity (Wildman–Crippen MR) is 109 cm³/mol. The molecule has 0 spiro atoms. The van der Waals surface area contributed by atoms with E-state index in [9.17, 15) is 19.7 Å². The van der Waals surface area contributed by atoms with Crippen molar-refractivity contribution < 1.29 is 14.5 Å². The number of benzene rings is 2. The number of nitro benzene ring substituents is 1. The van der Waals surface area contributed by atoms with Crippen molar-refractivity contribution >= 4 is 39.7 Å². The van der Waals surface area contributed by atoms with Gasteiger partial charge in [-0.1, -0.05) is 30.4 Å². The van der Waals surface area contributed by atoms with Gasteiger partial charge in [-0.3, -0.25) is 25.0 Å². The molecule has 29 heavy (non-hydrogen) atoms. The van der Waals surface area contributed by atoms with E-state index in [1.807, 2.05) is 6.92 Å². The summed E-state index contributed by atoms with van der Waals surface area (Å²) in [6.45, 7) is 3.50. The number of amides is 2. The lowest BCUT2D eigenvalue weighted by molar-refractivity contribution is -0.385. The van der Waals surface area contributed by atoms with Crippen LogP contribution in [0.2, 0.25) is 0 Å². The molecule has 0 fully saturated rings. The Bertz CT molecular complexity index is 1100. The average molecular weight is 411 g/mol. The van der Waals surface area contributed by atoms with Gasteiger partial charge in [-0.05, 0) is 37.6 Å². The fraction of sp³-hybridized carbons (Fsp3) is 0.158. The minimum absolute atomic E-state index is 0.0650. The van der Waals surface area contributed by atoms with Crippen LogP contribution in [0.1, 0.15) is 38.2 Å². The summed E-state index contributed by atoms with van der Waals surface area (Å²) in [4.78, 5) is 35.6. The minimum Gasteiger partial charge on any atom is -0.321 e. The quantitative estimate of drug-likeness (QED) is 0.469. The number of anilines is 2. The maximum atomic E-state index is 12.6. The molecule has 0 radical (unpaired) electrons. The number of nitro groups is 1. The number of carbonyl (C=O) groups excluding carboxylic acids is 2. The number of rotatable bonds is 6. The van der Waals surface area contributed by atoms with Gasteiger partial charge in [0.25, 0.3) is 17.5 Å². The second-order valence-corrected chi connectivity index (χ2v) is 7.13. The monoisotopic (exact) mass is 411 g/mol. The topological polar surface area (TPSA) is 127 Å². The Morgan fingerprint density at radius 3 is 2.52 bits per heavy atom. The molecule has 3 aromatic rings. The fourth-order valence-electron chi connectivity index (χ4n) is 2.60. The van der Waals surface area contributed by atoms with Crippen molar-refractivity contribution in [1.29, 1.82) is 0 Å². The normalized spacial score (nSPS) is 10.4. The zero-order valence-electron chi connectivity index (χ0n) is 15.6. The molecule has 2 aromatic carbocycles. The molecule has 0 saturated carbocycles. The molecule has 1 heterocycles. The van der Waals surface area contributed by atoms with Crippen molar-refractivity contribution in [1.82, 2.24) is 10.2 Å². The molecule has 0 saturated heterocycles. The van der Waals surface area contributed by atoms with Crippen LogP contribution in [0.5, 0.6) is 0 Å². The SMILES string of the molecule is CCc1nnc(NC(=O)c2ccccc2NC(=O)c2ccc([N+](=O)[O-])c(C)c2)s1. The molecule has 0 aliphatic carbocycles. The third kappa shape index (κ3) is 4.61. The predicted octanol–water partition coefficient (Wildman–Crippen LogP) is 3.82. The number of hydrogen-bond donors (Lipinski definition) is 2. The summed E-state index contributed by atoms with van der Waals surface area (Å²) in [7, 11) is 0. The van der Waals surface area contributed by atoms with Crippen LogP contribution in [0, 0.1) is 17.0 Å². The number of hydrogen-bond acceptors (Lipinski definition) is 7. The van der Waals surface area contributed by atoms with Gasteiger partial charge in [0, 0.05) is 17.2 Å². The maximum absolute atomic E-state index is 12.6. The van der Waals surface area contributed by atoms with Gasteiger partial charge in [-0.15, -0.1) is 10.2 Å². The van der Waals surface area contributed by atoms with Crippen molar-refractivity contribution in [3.8, 4) is 0 Å². The van der Waals surface area contributed by atoms with E-state index in [0.717, 1.165) is 11.4 Å². The minimum atomic E-state index is -0.506. The number of para-hydroxylation sites is 1. The molecule has 0 atom stereocenters. The highest BCUT2D eigenvalue weighted by atomic mass is 32.1. The van der Waals surface area contributed by atoms with Crippen molar-refractivity contribution in [2.75, 3.05) is 10.6 Å². The summed E-state index contributed by atoms with van der Waals surface area (Å²) in [6, 6.07) is 10.6. The van der Waals surface area contributed by atoms with Crippen molar-refractivity contribution in [2.24, 2.45) is 0 Å². The first kappa shape index (κ1) is 20.1. The standard InChI is InChI=1S/C19H17N5O4S/c1-3-16-22-23-19(29-16)21-18(26)13-6-4-5-7-14(13)20-17(25)12-8-9-15(24(27)28)11(2)10-12/h4-10H,3H2,1-2H3,(H,20,25)(H,21,23,26). The van der Waals surface area contributed by atoms with Crippen LogP contribution >= 0.6 is 11.3 Å². The van der Waals surface area contributed by atoms with Crippen LogP contribution in [0.4, 0.5) is 16.5 Å². The van der Waals surface area contributed by atoms with Crippen LogP contribution in [-0.4, -0.2) is 26.9 Å². The Morgan fingerprint density at radius 2 is 1.86 bits per heavy atom. The van der Waals surface area contributed by atoms with E-state index in [1.165, 1.54) is 29.5 Å². The summed E-state index contributed by atoms with van der Waals surface area (Å²) in [5.41, 5.74) is 1.13. The molecule has 0 aliphatic heterocycles. The Kier molecular flexibility index (Phi) is 5.93. The molecule has 9 nitrogen and oxygen atoms in total.